The summed E-state index contributed by atoms with van der Waals surface area (Å²) in [4.78, 5) is 57.8. The summed E-state index contributed by atoms with van der Waals surface area (Å²) < 4.78 is 12.3. The van der Waals surface area contributed by atoms with Crippen LogP contribution in [0.25, 0.3) is 0 Å². The van der Waals surface area contributed by atoms with Crippen LogP contribution in [-0.4, -0.2) is 94.2 Å². The standard InChI is InChI=1S/C33H53N3O7/c1-9-11-14-24(38)34-20-22(3)42-30(41)25-23-15-16-33(43-23)26(25)28(39)35(18-12-13-19-37)27(33)29(40)36(17-10-2)32(7,8)21-31(4,5)6/h9-10,22-23,25-27,37H,1-2,11-21H2,3-8H3,(H,34,38)/t22-,23+,25-,26-,27+,33-/m1/s1. The molecule has 0 aromatic heterocycles. The number of aliphatic hydroxyl groups excluding tert-OH is 1. The first-order valence-electron chi connectivity index (χ1n) is 15.7. The summed E-state index contributed by atoms with van der Waals surface area (Å²) in [7, 11) is 0. The Morgan fingerprint density at radius 3 is 2.51 bits per heavy atom. The highest BCUT2D eigenvalue weighted by Crippen LogP contribution is 2.59. The molecule has 3 heterocycles. The molecule has 0 radical (unpaired) electrons. The van der Waals surface area contributed by atoms with E-state index in [9.17, 15) is 24.3 Å². The Morgan fingerprint density at radius 2 is 1.91 bits per heavy atom. The van der Waals surface area contributed by atoms with Crippen LogP contribution in [0.4, 0.5) is 0 Å². The third-order valence-corrected chi connectivity index (χ3v) is 8.86. The largest absolute Gasteiger partial charge is 0.460 e. The Morgan fingerprint density at radius 1 is 1.21 bits per heavy atom. The number of carbonyl (C=O) groups is 4. The van der Waals surface area contributed by atoms with Gasteiger partial charge in [0.1, 0.15) is 17.7 Å². The molecule has 3 fully saturated rings. The maximum Gasteiger partial charge on any atom is 0.312 e. The van der Waals surface area contributed by atoms with Gasteiger partial charge in [-0.2, -0.15) is 0 Å². The molecule has 6 atom stereocenters. The van der Waals surface area contributed by atoms with Crippen LogP contribution in [0, 0.1) is 17.3 Å². The lowest BCUT2D eigenvalue weighted by Crippen LogP contribution is -2.61. The molecule has 3 saturated heterocycles. The molecule has 2 bridgehead atoms. The molecule has 1 spiro atoms. The molecule has 10 nitrogen and oxygen atoms in total. The summed E-state index contributed by atoms with van der Waals surface area (Å²) >= 11 is 0. The van der Waals surface area contributed by atoms with Gasteiger partial charge in [0.25, 0.3) is 0 Å². The molecule has 3 rings (SSSR count). The highest BCUT2D eigenvalue weighted by Gasteiger charge is 2.75. The van der Waals surface area contributed by atoms with Crippen LogP contribution >= 0.6 is 0 Å². The van der Waals surface area contributed by atoms with Crippen molar-refractivity contribution in [3.05, 3.63) is 25.3 Å². The van der Waals surface area contributed by atoms with Gasteiger partial charge in [0.2, 0.25) is 17.7 Å². The van der Waals surface area contributed by atoms with Gasteiger partial charge in [0, 0.05) is 31.7 Å². The van der Waals surface area contributed by atoms with Crippen molar-refractivity contribution in [2.24, 2.45) is 17.3 Å². The van der Waals surface area contributed by atoms with E-state index in [4.69, 9.17) is 9.47 Å². The van der Waals surface area contributed by atoms with Crippen molar-refractivity contribution >= 4 is 23.7 Å². The van der Waals surface area contributed by atoms with Crippen LogP contribution in [0.5, 0.6) is 0 Å². The lowest BCUT2D eigenvalue weighted by atomic mass is 9.70. The Kier molecular flexibility index (Phi) is 11.3. The van der Waals surface area contributed by atoms with E-state index in [-0.39, 0.29) is 42.8 Å². The van der Waals surface area contributed by atoms with Crippen molar-refractivity contribution in [3.63, 3.8) is 0 Å². The van der Waals surface area contributed by atoms with Crippen LogP contribution < -0.4 is 5.32 Å². The van der Waals surface area contributed by atoms with Gasteiger partial charge >= 0.3 is 5.97 Å². The molecule has 0 unspecified atom stereocenters. The van der Waals surface area contributed by atoms with Crippen molar-refractivity contribution in [1.29, 1.82) is 0 Å². The zero-order valence-corrected chi connectivity index (χ0v) is 27.0. The van der Waals surface area contributed by atoms with E-state index in [1.54, 1.807) is 28.9 Å². The molecule has 10 heteroatoms. The number of hydrogen-bond acceptors (Lipinski definition) is 7. The summed E-state index contributed by atoms with van der Waals surface area (Å²) in [6, 6.07) is -0.896. The summed E-state index contributed by atoms with van der Waals surface area (Å²) in [5.41, 5.74) is -1.74. The minimum Gasteiger partial charge on any atom is -0.460 e. The monoisotopic (exact) mass is 603 g/mol. The number of fused-ring (bicyclic) bond motifs is 1. The molecule has 3 aliphatic rings. The van der Waals surface area contributed by atoms with E-state index >= 15 is 0 Å². The third kappa shape index (κ3) is 7.51. The number of amides is 3. The van der Waals surface area contributed by atoms with Crippen LogP contribution in [0.3, 0.4) is 0 Å². The molecule has 43 heavy (non-hydrogen) atoms. The van der Waals surface area contributed by atoms with Gasteiger partial charge < -0.3 is 29.7 Å². The Bertz CT molecular complexity index is 1070. The number of allylic oxidation sites excluding steroid dienone is 1. The number of rotatable bonds is 16. The number of carbonyl (C=O) groups excluding carboxylic acids is 4. The van der Waals surface area contributed by atoms with E-state index in [1.807, 2.05) is 13.8 Å². The van der Waals surface area contributed by atoms with Crippen molar-refractivity contribution < 1.29 is 33.8 Å². The molecule has 0 saturated carbocycles. The molecule has 0 aliphatic carbocycles. The predicted molar refractivity (Wildman–Crippen MR) is 164 cm³/mol. The molecule has 0 aromatic rings. The number of unbranched alkanes of at least 4 members (excludes halogenated alkanes) is 1. The van der Waals surface area contributed by atoms with Crippen molar-refractivity contribution in [2.45, 2.75) is 116 Å². The van der Waals surface area contributed by atoms with E-state index in [1.165, 1.54) is 0 Å². The summed E-state index contributed by atoms with van der Waals surface area (Å²) in [6.45, 7) is 20.4. The highest BCUT2D eigenvalue weighted by molar-refractivity contribution is 5.98. The molecule has 242 valence electrons. The smallest absolute Gasteiger partial charge is 0.312 e. The fraction of sp³-hybridized carbons (Fsp3) is 0.758. The fourth-order valence-electron chi connectivity index (χ4n) is 7.54. The van der Waals surface area contributed by atoms with Gasteiger partial charge in [-0.3, -0.25) is 19.2 Å². The summed E-state index contributed by atoms with van der Waals surface area (Å²) in [5, 5.41) is 12.2. The predicted octanol–water partition coefficient (Wildman–Crippen LogP) is 3.38. The topological polar surface area (TPSA) is 125 Å². The molecular formula is C33H53N3O7. The second kappa shape index (κ2) is 13.9. The Balaban J connectivity index is 1.90. The number of nitrogens with one attached hydrogen (secondary N) is 1. The summed E-state index contributed by atoms with van der Waals surface area (Å²) in [5.74, 6) is -2.87. The SMILES string of the molecule is C=CCCC(=O)NC[C@@H](C)OC(=O)[C@@H]1[C@@H]2CC[C@]3(O2)[C@H](C(=O)N(CC=C)C(C)(C)CC(C)(C)C)N(CCCCO)C(=O)[C@@H]13. The minimum atomic E-state index is -1.14. The number of hydrogen-bond donors (Lipinski definition) is 2. The molecule has 3 aliphatic heterocycles. The van der Waals surface area contributed by atoms with Gasteiger partial charge in [-0.05, 0) is 64.7 Å². The van der Waals surface area contributed by atoms with Crippen LogP contribution in [0.2, 0.25) is 0 Å². The van der Waals surface area contributed by atoms with E-state index in [0.717, 1.165) is 6.42 Å². The van der Waals surface area contributed by atoms with E-state index in [0.29, 0.717) is 45.1 Å². The molecule has 3 amide bonds. The summed E-state index contributed by atoms with van der Waals surface area (Å²) in [6.07, 6.45) is 5.85. The normalized spacial score (nSPS) is 27.0. The quantitative estimate of drug-likeness (QED) is 0.157. The van der Waals surface area contributed by atoms with E-state index < -0.39 is 47.2 Å². The number of esters is 1. The number of aliphatic hydroxyl groups is 1. The molecular weight excluding hydrogens is 550 g/mol. The first kappa shape index (κ1) is 34.8. The first-order valence-corrected chi connectivity index (χ1v) is 15.7. The average molecular weight is 604 g/mol. The van der Waals surface area contributed by atoms with Gasteiger partial charge in [0.15, 0.2) is 0 Å². The Labute approximate surface area is 257 Å². The lowest BCUT2D eigenvalue weighted by molar-refractivity contribution is -0.159. The zero-order chi connectivity index (χ0) is 32.2. The van der Waals surface area contributed by atoms with Gasteiger partial charge in [-0.1, -0.05) is 32.9 Å². The van der Waals surface area contributed by atoms with Crippen molar-refractivity contribution in [3.8, 4) is 0 Å². The highest BCUT2D eigenvalue weighted by atomic mass is 16.6. The molecule has 0 aromatic carbocycles. The van der Waals surface area contributed by atoms with Crippen LogP contribution in [0.1, 0.15) is 86.5 Å². The van der Waals surface area contributed by atoms with Gasteiger partial charge in [-0.15, -0.1) is 13.2 Å². The zero-order valence-electron chi connectivity index (χ0n) is 27.0. The fourth-order valence-corrected chi connectivity index (χ4v) is 7.54. The maximum absolute atomic E-state index is 14.7. The van der Waals surface area contributed by atoms with Crippen molar-refractivity contribution in [1.82, 2.24) is 15.1 Å². The van der Waals surface area contributed by atoms with Crippen LogP contribution in [0.15, 0.2) is 25.3 Å². The minimum absolute atomic E-state index is 0.0219. The Hall–Kier alpha value is -2.72. The number of ether oxygens (including phenoxy) is 2. The van der Waals surface area contributed by atoms with Gasteiger partial charge in [0.05, 0.1) is 24.5 Å². The lowest BCUT2D eigenvalue weighted by Gasteiger charge is -2.45. The van der Waals surface area contributed by atoms with Crippen molar-refractivity contribution in [2.75, 3.05) is 26.2 Å². The third-order valence-electron chi connectivity index (χ3n) is 8.86. The van der Waals surface area contributed by atoms with E-state index in [2.05, 4.69) is 39.2 Å². The molecule has 2 N–H and O–H groups in total. The number of nitrogens with zero attached hydrogens (tertiary/aromatic N) is 2. The van der Waals surface area contributed by atoms with Crippen LogP contribution in [-0.2, 0) is 28.7 Å². The first-order chi connectivity index (χ1) is 20.1. The second-order valence-corrected chi connectivity index (χ2v) is 14.2. The average Bonchev–Trinajstić information content (AvgIpc) is 3.55. The second-order valence-electron chi connectivity index (χ2n) is 14.2. The maximum atomic E-state index is 14.7. The van der Waals surface area contributed by atoms with Gasteiger partial charge in [-0.25, -0.2) is 0 Å². The number of likely N-dealkylation sites (tertiary alicyclic amines) is 1.